The Kier molecular flexibility index (Phi) is 5.90. The molecular weight excluding hydrogens is 376 g/mol. The monoisotopic (exact) mass is 398 g/mol. The van der Waals surface area contributed by atoms with Crippen molar-refractivity contribution in [2.75, 3.05) is 5.32 Å². The van der Waals surface area contributed by atoms with E-state index < -0.39 is 0 Å². The summed E-state index contributed by atoms with van der Waals surface area (Å²) in [6.07, 6.45) is 5.30. The number of para-hydroxylation sites is 1. The molecule has 1 saturated carbocycles. The fraction of sp³-hybridized carbons (Fsp3) is 0.120. The second kappa shape index (κ2) is 9.09. The third kappa shape index (κ3) is 5.58. The molecule has 0 radical (unpaired) electrons. The third-order valence-corrected chi connectivity index (χ3v) is 4.61. The van der Waals surface area contributed by atoms with Crippen LogP contribution in [0.4, 0.5) is 5.69 Å². The Morgan fingerprint density at radius 1 is 0.833 bits per heavy atom. The van der Waals surface area contributed by atoms with E-state index in [0.717, 1.165) is 24.2 Å². The van der Waals surface area contributed by atoms with Gasteiger partial charge in [0.05, 0.1) is 0 Å². The Balaban J connectivity index is 1.29. The van der Waals surface area contributed by atoms with Crippen LogP contribution >= 0.6 is 0 Å². The summed E-state index contributed by atoms with van der Waals surface area (Å²) in [5.74, 6) is 1.17. The molecule has 0 atom stereocenters. The van der Waals surface area contributed by atoms with Crippen molar-refractivity contribution in [1.82, 2.24) is 5.32 Å². The van der Waals surface area contributed by atoms with Gasteiger partial charge in [-0.2, -0.15) is 0 Å². The van der Waals surface area contributed by atoms with E-state index in [0.29, 0.717) is 23.0 Å². The van der Waals surface area contributed by atoms with Crippen molar-refractivity contribution in [3.05, 3.63) is 96.1 Å². The fourth-order valence-corrected chi connectivity index (χ4v) is 2.83. The van der Waals surface area contributed by atoms with Crippen molar-refractivity contribution in [3.8, 4) is 11.5 Å². The zero-order valence-electron chi connectivity index (χ0n) is 16.4. The van der Waals surface area contributed by atoms with Crippen LogP contribution in [-0.2, 0) is 4.79 Å². The number of nitrogens with one attached hydrogen (secondary N) is 2. The molecule has 2 amide bonds. The topological polar surface area (TPSA) is 67.4 Å². The van der Waals surface area contributed by atoms with E-state index in [-0.39, 0.29) is 11.8 Å². The highest BCUT2D eigenvalue weighted by molar-refractivity contribution is 6.02. The van der Waals surface area contributed by atoms with Crippen LogP contribution in [0, 0.1) is 0 Å². The van der Waals surface area contributed by atoms with E-state index in [1.54, 1.807) is 42.5 Å². The van der Waals surface area contributed by atoms with Gasteiger partial charge in [0, 0.05) is 23.4 Å². The first-order valence-corrected chi connectivity index (χ1v) is 9.89. The van der Waals surface area contributed by atoms with Crippen LogP contribution in [0.5, 0.6) is 11.5 Å². The van der Waals surface area contributed by atoms with E-state index in [2.05, 4.69) is 10.6 Å². The van der Waals surface area contributed by atoms with Crippen LogP contribution in [0.15, 0.2) is 84.9 Å². The number of carbonyl (C=O) groups excluding carboxylic acids is 2. The lowest BCUT2D eigenvalue weighted by atomic mass is 10.1. The summed E-state index contributed by atoms with van der Waals surface area (Å²) in [6.45, 7) is 0. The standard InChI is InChI=1S/C25H22N2O3/c28-24(17-8-18-6-9-19(10-7-18)25(29)27-21-11-12-21)26-20-13-15-23(16-14-20)30-22-4-2-1-3-5-22/h1-10,13-17,21H,11-12H2,(H,26,28)(H,27,29)/b17-8+. The summed E-state index contributed by atoms with van der Waals surface area (Å²) >= 11 is 0. The van der Waals surface area contributed by atoms with E-state index >= 15 is 0 Å². The molecule has 1 aliphatic carbocycles. The summed E-state index contributed by atoms with van der Waals surface area (Å²) in [4.78, 5) is 24.2. The minimum Gasteiger partial charge on any atom is -0.457 e. The van der Waals surface area contributed by atoms with Gasteiger partial charge >= 0.3 is 0 Å². The molecule has 0 saturated heterocycles. The molecule has 3 aromatic rings. The normalized spacial score (nSPS) is 13.1. The number of anilines is 1. The van der Waals surface area contributed by atoms with Gasteiger partial charge in [0.2, 0.25) is 5.91 Å². The molecule has 0 aliphatic heterocycles. The summed E-state index contributed by atoms with van der Waals surface area (Å²) in [7, 11) is 0. The van der Waals surface area contributed by atoms with Crippen LogP contribution in [0.3, 0.4) is 0 Å². The number of ether oxygens (including phenoxy) is 1. The van der Waals surface area contributed by atoms with Gasteiger partial charge in [-0.1, -0.05) is 30.3 Å². The quantitative estimate of drug-likeness (QED) is 0.549. The number of hydrogen-bond donors (Lipinski definition) is 2. The molecule has 0 spiro atoms. The van der Waals surface area contributed by atoms with E-state index in [4.69, 9.17) is 4.74 Å². The molecular formula is C25H22N2O3. The van der Waals surface area contributed by atoms with Gasteiger partial charge < -0.3 is 15.4 Å². The highest BCUT2D eigenvalue weighted by atomic mass is 16.5. The van der Waals surface area contributed by atoms with Gasteiger partial charge in [-0.15, -0.1) is 0 Å². The summed E-state index contributed by atoms with van der Waals surface area (Å²) in [5.41, 5.74) is 2.15. The minimum absolute atomic E-state index is 0.0505. The van der Waals surface area contributed by atoms with E-state index in [1.807, 2.05) is 42.5 Å². The molecule has 0 bridgehead atoms. The molecule has 5 heteroatoms. The molecule has 0 heterocycles. The predicted molar refractivity (Wildman–Crippen MR) is 118 cm³/mol. The molecule has 1 aliphatic rings. The first-order valence-electron chi connectivity index (χ1n) is 9.89. The molecule has 0 unspecified atom stereocenters. The number of amides is 2. The van der Waals surface area contributed by atoms with Crippen LogP contribution in [0.2, 0.25) is 0 Å². The Morgan fingerprint density at radius 3 is 2.17 bits per heavy atom. The summed E-state index contributed by atoms with van der Waals surface area (Å²) in [5, 5.41) is 5.77. The van der Waals surface area contributed by atoms with Gasteiger partial charge in [-0.25, -0.2) is 0 Å². The Bertz CT molecular complexity index is 1040. The molecule has 1 fully saturated rings. The van der Waals surface area contributed by atoms with Gasteiger partial charge in [0.25, 0.3) is 5.91 Å². The lowest BCUT2D eigenvalue weighted by Crippen LogP contribution is -2.25. The van der Waals surface area contributed by atoms with Crippen molar-refractivity contribution in [1.29, 1.82) is 0 Å². The first-order chi connectivity index (χ1) is 14.7. The van der Waals surface area contributed by atoms with Gasteiger partial charge in [-0.05, 0) is 73.0 Å². The van der Waals surface area contributed by atoms with Crippen LogP contribution in [-0.4, -0.2) is 17.9 Å². The van der Waals surface area contributed by atoms with Crippen LogP contribution < -0.4 is 15.4 Å². The van der Waals surface area contributed by atoms with Gasteiger partial charge in [0.1, 0.15) is 11.5 Å². The SMILES string of the molecule is O=C(/C=C/c1ccc(C(=O)NC2CC2)cc1)Nc1ccc(Oc2ccccc2)cc1. The average molecular weight is 398 g/mol. The van der Waals surface area contributed by atoms with Gasteiger partial charge in [0.15, 0.2) is 0 Å². The highest BCUT2D eigenvalue weighted by Crippen LogP contribution is 2.22. The average Bonchev–Trinajstić information content (AvgIpc) is 3.59. The lowest BCUT2D eigenvalue weighted by Gasteiger charge is -2.07. The molecule has 150 valence electrons. The Labute approximate surface area is 175 Å². The number of rotatable bonds is 7. The van der Waals surface area contributed by atoms with E-state index in [1.165, 1.54) is 6.08 Å². The molecule has 4 rings (SSSR count). The Hall–Kier alpha value is -3.86. The summed E-state index contributed by atoms with van der Waals surface area (Å²) in [6, 6.07) is 24.2. The Morgan fingerprint density at radius 2 is 1.50 bits per heavy atom. The van der Waals surface area contributed by atoms with Gasteiger partial charge in [-0.3, -0.25) is 9.59 Å². The molecule has 2 N–H and O–H groups in total. The van der Waals surface area contributed by atoms with Crippen LogP contribution in [0.25, 0.3) is 6.08 Å². The van der Waals surface area contributed by atoms with Crippen LogP contribution in [0.1, 0.15) is 28.8 Å². The smallest absolute Gasteiger partial charge is 0.251 e. The van der Waals surface area contributed by atoms with Crippen molar-refractivity contribution in [2.24, 2.45) is 0 Å². The number of benzene rings is 3. The lowest BCUT2D eigenvalue weighted by molar-refractivity contribution is -0.111. The van der Waals surface area contributed by atoms with Crippen molar-refractivity contribution in [2.45, 2.75) is 18.9 Å². The molecule has 3 aromatic carbocycles. The zero-order chi connectivity index (χ0) is 20.8. The van der Waals surface area contributed by atoms with Crippen molar-refractivity contribution < 1.29 is 14.3 Å². The maximum absolute atomic E-state index is 12.2. The van der Waals surface area contributed by atoms with Crippen molar-refractivity contribution in [3.63, 3.8) is 0 Å². The first kappa shape index (κ1) is 19.5. The maximum Gasteiger partial charge on any atom is 0.251 e. The minimum atomic E-state index is -0.234. The van der Waals surface area contributed by atoms with E-state index in [9.17, 15) is 9.59 Å². The summed E-state index contributed by atoms with van der Waals surface area (Å²) < 4.78 is 5.74. The zero-order valence-corrected chi connectivity index (χ0v) is 16.4. The fourth-order valence-electron chi connectivity index (χ4n) is 2.83. The highest BCUT2D eigenvalue weighted by Gasteiger charge is 2.23. The number of carbonyl (C=O) groups is 2. The number of hydrogen-bond acceptors (Lipinski definition) is 3. The van der Waals surface area contributed by atoms with Crippen molar-refractivity contribution >= 4 is 23.6 Å². The maximum atomic E-state index is 12.2. The molecule has 5 nitrogen and oxygen atoms in total. The second-order valence-corrected chi connectivity index (χ2v) is 7.13. The second-order valence-electron chi connectivity index (χ2n) is 7.13. The largest absolute Gasteiger partial charge is 0.457 e. The predicted octanol–water partition coefficient (Wildman–Crippen LogP) is 5.02. The third-order valence-electron chi connectivity index (χ3n) is 4.61. The molecule has 30 heavy (non-hydrogen) atoms. The molecule has 0 aromatic heterocycles.